The number of benzene rings is 1. The third kappa shape index (κ3) is 2.71. The fraction of sp³-hybridized carbons (Fsp3) is 0.385. The Morgan fingerprint density at radius 1 is 1.17 bits per heavy atom. The quantitative estimate of drug-likeness (QED) is 0.907. The van der Waals surface area contributed by atoms with E-state index in [9.17, 15) is 0 Å². The predicted molar refractivity (Wildman–Crippen MR) is 71.6 cm³/mol. The Bertz CT molecular complexity index is 480. The van der Waals surface area contributed by atoms with Crippen molar-refractivity contribution in [3.05, 3.63) is 36.2 Å². The number of hydrogen-bond acceptors (Lipinski definition) is 4. The van der Waals surface area contributed by atoms with Crippen molar-refractivity contribution < 1.29 is 4.52 Å². The van der Waals surface area contributed by atoms with E-state index in [4.69, 9.17) is 4.52 Å². The van der Waals surface area contributed by atoms with Crippen molar-refractivity contribution in [3.8, 4) is 11.4 Å². The smallest absolute Gasteiger partial charge is 0.244 e. The molecule has 0 amide bonds. The summed E-state index contributed by atoms with van der Waals surface area (Å²) in [5, 5.41) is 7.44. The minimum Gasteiger partial charge on any atom is -0.337 e. The third-order valence-corrected chi connectivity index (χ3v) is 3.08. The molecule has 0 radical (unpaired) electrons. The summed E-state index contributed by atoms with van der Waals surface area (Å²) in [5.41, 5.74) is 0.998. The molecule has 0 spiro atoms. The maximum atomic E-state index is 5.33. The van der Waals surface area contributed by atoms with Gasteiger partial charge in [-0.1, -0.05) is 41.9 Å². The molecule has 1 fully saturated rings. The van der Waals surface area contributed by atoms with Crippen LogP contribution in [0, 0.1) is 0 Å². The van der Waals surface area contributed by atoms with Crippen LogP contribution in [0.4, 0.5) is 0 Å². The first kappa shape index (κ1) is 13.1. The zero-order valence-corrected chi connectivity index (χ0v) is 10.8. The first-order chi connectivity index (χ1) is 8.43. The Balaban J connectivity index is 0.00000120. The van der Waals surface area contributed by atoms with Gasteiger partial charge in [-0.15, -0.1) is 12.4 Å². The van der Waals surface area contributed by atoms with Gasteiger partial charge in [0, 0.05) is 5.56 Å². The molecule has 4 nitrogen and oxygen atoms in total. The highest BCUT2D eigenvalue weighted by Gasteiger charge is 2.21. The first-order valence-electron chi connectivity index (χ1n) is 6.06. The molecule has 0 saturated carbocycles. The van der Waals surface area contributed by atoms with Crippen molar-refractivity contribution in [3.63, 3.8) is 0 Å². The van der Waals surface area contributed by atoms with Gasteiger partial charge in [0.1, 0.15) is 0 Å². The van der Waals surface area contributed by atoms with E-state index in [1.165, 1.54) is 12.8 Å². The molecule has 2 aromatic rings. The molecule has 0 aliphatic carbocycles. The Morgan fingerprint density at radius 2 is 2.00 bits per heavy atom. The highest BCUT2D eigenvalue weighted by Crippen LogP contribution is 2.23. The Morgan fingerprint density at radius 3 is 2.72 bits per heavy atom. The molecule has 0 bridgehead atoms. The monoisotopic (exact) mass is 265 g/mol. The lowest BCUT2D eigenvalue weighted by Gasteiger charge is -2.19. The summed E-state index contributed by atoms with van der Waals surface area (Å²) in [6, 6.07) is 10.1. The minimum absolute atomic E-state index is 0. The van der Waals surface area contributed by atoms with Gasteiger partial charge < -0.3 is 9.84 Å². The van der Waals surface area contributed by atoms with Gasteiger partial charge in [0.15, 0.2) is 0 Å². The van der Waals surface area contributed by atoms with E-state index in [2.05, 4.69) is 15.5 Å². The lowest BCUT2D eigenvalue weighted by Crippen LogP contribution is -2.26. The fourth-order valence-electron chi connectivity index (χ4n) is 2.14. The van der Waals surface area contributed by atoms with Gasteiger partial charge in [0.2, 0.25) is 11.7 Å². The van der Waals surface area contributed by atoms with Crippen LogP contribution >= 0.6 is 12.4 Å². The molecule has 1 aromatic carbocycles. The molecule has 1 atom stereocenters. The Labute approximate surface area is 112 Å². The second kappa shape index (κ2) is 5.98. The average molecular weight is 266 g/mol. The lowest BCUT2D eigenvalue weighted by molar-refractivity contribution is 0.297. The van der Waals surface area contributed by atoms with E-state index in [0.29, 0.717) is 11.7 Å². The van der Waals surface area contributed by atoms with Crippen molar-refractivity contribution >= 4 is 12.4 Å². The molecule has 1 aromatic heterocycles. The van der Waals surface area contributed by atoms with Crippen LogP contribution in [0.2, 0.25) is 0 Å². The van der Waals surface area contributed by atoms with Crippen molar-refractivity contribution in [2.24, 2.45) is 0 Å². The van der Waals surface area contributed by atoms with Crippen LogP contribution in [0.25, 0.3) is 11.4 Å². The summed E-state index contributed by atoms with van der Waals surface area (Å²) in [7, 11) is 0. The first-order valence-corrected chi connectivity index (χ1v) is 6.06. The molecule has 1 N–H and O–H groups in total. The molecule has 18 heavy (non-hydrogen) atoms. The highest BCUT2D eigenvalue weighted by atomic mass is 35.5. The Hall–Kier alpha value is -1.39. The zero-order chi connectivity index (χ0) is 11.5. The molecule has 1 saturated heterocycles. The summed E-state index contributed by atoms with van der Waals surface area (Å²) in [5.74, 6) is 1.39. The van der Waals surface area contributed by atoms with E-state index >= 15 is 0 Å². The zero-order valence-electron chi connectivity index (χ0n) is 10.0. The molecular weight excluding hydrogens is 250 g/mol. The minimum atomic E-state index is 0. The number of nitrogens with zero attached hydrogens (tertiary/aromatic N) is 2. The topological polar surface area (TPSA) is 51.0 Å². The summed E-state index contributed by atoms with van der Waals surface area (Å²) in [4.78, 5) is 4.46. The number of aromatic nitrogens is 2. The summed E-state index contributed by atoms with van der Waals surface area (Å²) < 4.78 is 5.33. The van der Waals surface area contributed by atoms with Crippen LogP contribution in [-0.2, 0) is 0 Å². The van der Waals surface area contributed by atoms with E-state index in [0.717, 1.165) is 18.5 Å². The number of halogens is 1. The van der Waals surface area contributed by atoms with Crippen LogP contribution in [0.15, 0.2) is 34.9 Å². The Kier molecular flexibility index (Phi) is 4.33. The molecule has 5 heteroatoms. The van der Waals surface area contributed by atoms with E-state index < -0.39 is 0 Å². The summed E-state index contributed by atoms with van der Waals surface area (Å²) in [6.07, 6.45) is 3.54. The summed E-state index contributed by atoms with van der Waals surface area (Å²) in [6.45, 7) is 1.04. The largest absolute Gasteiger partial charge is 0.337 e. The molecular formula is C13H16ClN3O. The lowest BCUT2D eigenvalue weighted by atomic mass is 10.1. The van der Waals surface area contributed by atoms with Gasteiger partial charge in [-0.3, -0.25) is 0 Å². The standard InChI is InChI=1S/C13H15N3O.ClH/c1-2-6-10(7-3-1)12-15-13(17-16-12)11-8-4-5-9-14-11;/h1-3,6-7,11,14H,4-5,8-9H2;1H/t11-;/m0./s1. The van der Waals surface area contributed by atoms with E-state index in [1.807, 2.05) is 30.3 Å². The molecule has 3 rings (SSSR count). The fourth-order valence-corrected chi connectivity index (χ4v) is 2.14. The second-order valence-corrected chi connectivity index (χ2v) is 4.32. The molecule has 0 unspecified atom stereocenters. The van der Waals surface area contributed by atoms with Gasteiger partial charge >= 0.3 is 0 Å². The van der Waals surface area contributed by atoms with Crippen LogP contribution in [0.1, 0.15) is 31.2 Å². The maximum absolute atomic E-state index is 5.33. The number of rotatable bonds is 2. The maximum Gasteiger partial charge on any atom is 0.244 e. The van der Waals surface area contributed by atoms with E-state index in [1.54, 1.807) is 0 Å². The number of hydrogen-bond donors (Lipinski definition) is 1. The molecule has 2 heterocycles. The average Bonchev–Trinajstić information content (AvgIpc) is 2.90. The number of piperidine rings is 1. The van der Waals surface area contributed by atoms with Crippen molar-refractivity contribution in [2.75, 3.05) is 6.54 Å². The van der Waals surface area contributed by atoms with Crippen LogP contribution in [-0.4, -0.2) is 16.7 Å². The predicted octanol–water partition coefficient (Wildman–Crippen LogP) is 2.97. The van der Waals surface area contributed by atoms with Crippen molar-refractivity contribution in [1.29, 1.82) is 0 Å². The van der Waals surface area contributed by atoms with Gasteiger partial charge in [-0.2, -0.15) is 4.98 Å². The third-order valence-electron chi connectivity index (χ3n) is 3.08. The van der Waals surface area contributed by atoms with Crippen LogP contribution < -0.4 is 5.32 Å². The normalized spacial score (nSPS) is 19.2. The van der Waals surface area contributed by atoms with Gasteiger partial charge in [-0.25, -0.2) is 0 Å². The van der Waals surface area contributed by atoms with Crippen molar-refractivity contribution in [2.45, 2.75) is 25.3 Å². The SMILES string of the molecule is Cl.c1ccc(-c2noc([C@@H]3CCCCN3)n2)cc1. The van der Waals surface area contributed by atoms with Crippen molar-refractivity contribution in [1.82, 2.24) is 15.5 Å². The summed E-state index contributed by atoms with van der Waals surface area (Å²) >= 11 is 0. The van der Waals surface area contributed by atoms with Gasteiger partial charge in [-0.05, 0) is 19.4 Å². The van der Waals surface area contributed by atoms with Crippen LogP contribution in [0.5, 0.6) is 0 Å². The molecule has 1 aliphatic heterocycles. The van der Waals surface area contributed by atoms with Gasteiger partial charge in [0.25, 0.3) is 0 Å². The highest BCUT2D eigenvalue weighted by molar-refractivity contribution is 5.85. The number of nitrogens with one attached hydrogen (secondary N) is 1. The van der Waals surface area contributed by atoms with Crippen LogP contribution in [0.3, 0.4) is 0 Å². The van der Waals surface area contributed by atoms with Gasteiger partial charge in [0.05, 0.1) is 6.04 Å². The van der Waals surface area contributed by atoms with E-state index in [-0.39, 0.29) is 18.4 Å². The molecule has 96 valence electrons. The second-order valence-electron chi connectivity index (χ2n) is 4.32. The molecule has 1 aliphatic rings.